The number of fused-ring (bicyclic) bond motifs is 1. The number of imide groups is 2. The Labute approximate surface area is 165 Å². The van der Waals surface area contributed by atoms with E-state index in [9.17, 15) is 24.0 Å². The molecule has 6 amide bonds. The first-order valence-corrected chi connectivity index (χ1v) is 8.80. The summed E-state index contributed by atoms with van der Waals surface area (Å²) >= 11 is 0. The summed E-state index contributed by atoms with van der Waals surface area (Å²) < 4.78 is 0. The van der Waals surface area contributed by atoms with Crippen molar-refractivity contribution >= 4 is 35.3 Å². The quantitative estimate of drug-likeness (QED) is 0.600. The number of urea groups is 1. The summed E-state index contributed by atoms with van der Waals surface area (Å²) in [6, 6.07) is 10.7. The van der Waals surface area contributed by atoms with Gasteiger partial charge in [-0.15, -0.1) is 0 Å². The molecule has 146 valence electrons. The monoisotopic (exact) mass is 392 g/mol. The van der Waals surface area contributed by atoms with Crippen LogP contribution in [0.3, 0.4) is 0 Å². The van der Waals surface area contributed by atoms with Gasteiger partial charge in [-0.25, -0.2) is 4.79 Å². The van der Waals surface area contributed by atoms with E-state index in [1.807, 2.05) is 0 Å². The molecule has 2 heterocycles. The van der Waals surface area contributed by atoms with Crippen molar-refractivity contribution in [3.8, 4) is 0 Å². The minimum Gasteiger partial charge on any atom is -0.329 e. The molecule has 0 atom stereocenters. The minimum absolute atomic E-state index is 0.0238. The zero-order valence-corrected chi connectivity index (χ0v) is 15.4. The van der Waals surface area contributed by atoms with Gasteiger partial charge in [-0.1, -0.05) is 12.1 Å². The Kier molecular flexibility index (Phi) is 4.34. The molecule has 0 spiro atoms. The highest BCUT2D eigenvalue weighted by molar-refractivity contribution is 6.22. The molecule has 2 aliphatic heterocycles. The van der Waals surface area contributed by atoms with Crippen LogP contribution in [0.5, 0.6) is 0 Å². The maximum atomic E-state index is 12.6. The first kappa shape index (κ1) is 18.4. The van der Waals surface area contributed by atoms with Crippen LogP contribution in [0.1, 0.15) is 36.6 Å². The summed E-state index contributed by atoms with van der Waals surface area (Å²) in [6.45, 7) is 0.0696. The molecular weight excluding hydrogens is 376 g/mol. The number of benzene rings is 2. The van der Waals surface area contributed by atoms with Gasteiger partial charge < -0.3 is 10.6 Å². The molecule has 1 saturated heterocycles. The Morgan fingerprint density at radius 1 is 1.03 bits per heavy atom. The van der Waals surface area contributed by atoms with E-state index in [0.29, 0.717) is 11.3 Å². The number of carbonyl (C=O) groups is 5. The molecule has 0 radical (unpaired) electrons. The zero-order valence-electron chi connectivity index (χ0n) is 15.4. The molecule has 9 heteroatoms. The fourth-order valence-electron chi connectivity index (χ4n) is 3.25. The van der Waals surface area contributed by atoms with E-state index in [2.05, 4.69) is 10.6 Å². The van der Waals surface area contributed by atoms with Crippen LogP contribution in [0.2, 0.25) is 0 Å². The van der Waals surface area contributed by atoms with Crippen LogP contribution >= 0.6 is 0 Å². The molecule has 0 bridgehead atoms. The van der Waals surface area contributed by atoms with Gasteiger partial charge in [-0.3, -0.25) is 29.0 Å². The van der Waals surface area contributed by atoms with Crippen LogP contribution in [0.4, 0.5) is 10.5 Å². The highest BCUT2D eigenvalue weighted by atomic mass is 16.2. The molecule has 9 nitrogen and oxygen atoms in total. The normalized spacial score (nSPS) is 15.6. The first-order chi connectivity index (χ1) is 13.8. The molecule has 1 fully saturated rings. The van der Waals surface area contributed by atoms with Crippen LogP contribution in [0.25, 0.3) is 0 Å². The predicted molar refractivity (Wildman–Crippen MR) is 101 cm³/mol. The highest BCUT2D eigenvalue weighted by Gasteiger charge is 2.33. The summed E-state index contributed by atoms with van der Waals surface area (Å²) in [6.07, 6.45) is 0. The van der Waals surface area contributed by atoms with E-state index in [4.69, 9.17) is 0 Å². The van der Waals surface area contributed by atoms with E-state index in [1.54, 1.807) is 24.3 Å². The Morgan fingerprint density at radius 2 is 1.79 bits per heavy atom. The maximum Gasteiger partial charge on any atom is 0.324 e. The third-order valence-electron chi connectivity index (χ3n) is 4.81. The number of anilines is 1. The van der Waals surface area contributed by atoms with E-state index in [1.165, 1.54) is 25.2 Å². The molecule has 4 rings (SSSR count). The van der Waals surface area contributed by atoms with Crippen LogP contribution in [-0.2, 0) is 11.3 Å². The van der Waals surface area contributed by atoms with Gasteiger partial charge in [-0.05, 0) is 35.9 Å². The molecule has 2 aromatic carbocycles. The molecule has 2 aliphatic rings. The van der Waals surface area contributed by atoms with Crippen molar-refractivity contribution < 1.29 is 24.0 Å². The van der Waals surface area contributed by atoms with Gasteiger partial charge in [0.1, 0.15) is 0 Å². The Bertz CT molecular complexity index is 1080. The van der Waals surface area contributed by atoms with Crippen molar-refractivity contribution in [2.24, 2.45) is 0 Å². The standard InChI is InChI=1S/C20H16N4O5/c1-23-18(27)14-6-5-12(8-15(14)19(23)28)17(26)22-13-4-2-3-11(7-13)10-24-16(25)9-21-20(24)29/h2-8H,9-10H2,1H3,(H,21,29)(H,22,26). The lowest BCUT2D eigenvalue weighted by molar-refractivity contribution is -0.125. The number of nitrogens with zero attached hydrogens (tertiary/aromatic N) is 2. The van der Waals surface area contributed by atoms with Crippen molar-refractivity contribution in [2.45, 2.75) is 6.54 Å². The number of nitrogens with one attached hydrogen (secondary N) is 2. The minimum atomic E-state index is -0.452. The van der Waals surface area contributed by atoms with Crippen LogP contribution in [-0.4, -0.2) is 53.1 Å². The lowest BCUT2D eigenvalue weighted by atomic mass is 10.1. The third kappa shape index (κ3) is 3.22. The molecule has 2 aromatic rings. The summed E-state index contributed by atoms with van der Waals surface area (Å²) in [4.78, 5) is 62.2. The molecule has 0 aliphatic carbocycles. The predicted octanol–water partition coefficient (Wildman–Crippen LogP) is 1.22. The first-order valence-electron chi connectivity index (χ1n) is 8.80. The second-order valence-electron chi connectivity index (χ2n) is 6.72. The van der Waals surface area contributed by atoms with Crippen molar-refractivity contribution in [1.29, 1.82) is 0 Å². The Balaban J connectivity index is 1.51. The van der Waals surface area contributed by atoms with Crippen molar-refractivity contribution in [1.82, 2.24) is 15.1 Å². The maximum absolute atomic E-state index is 12.6. The van der Waals surface area contributed by atoms with Crippen LogP contribution < -0.4 is 10.6 Å². The highest BCUT2D eigenvalue weighted by Crippen LogP contribution is 2.23. The van der Waals surface area contributed by atoms with Gasteiger partial charge in [0, 0.05) is 18.3 Å². The summed E-state index contributed by atoms with van der Waals surface area (Å²) in [5.41, 5.74) is 1.84. The van der Waals surface area contributed by atoms with E-state index in [-0.39, 0.29) is 35.7 Å². The Hall–Kier alpha value is -4.01. The van der Waals surface area contributed by atoms with Gasteiger partial charge in [0.2, 0.25) is 5.91 Å². The van der Waals surface area contributed by atoms with Crippen LogP contribution in [0, 0.1) is 0 Å². The second-order valence-corrected chi connectivity index (χ2v) is 6.72. The van der Waals surface area contributed by atoms with Gasteiger partial charge >= 0.3 is 6.03 Å². The number of rotatable bonds is 4. The van der Waals surface area contributed by atoms with Gasteiger partial charge in [0.15, 0.2) is 0 Å². The summed E-state index contributed by atoms with van der Waals surface area (Å²) in [7, 11) is 1.39. The van der Waals surface area contributed by atoms with Gasteiger partial charge in [0.25, 0.3) is 17.7 Å². The molecule has 0 saturated carbocycles. The lowest BCUT2D eigenvalue weighted by Crippen LogP contribution is -2.30. The molecule has 0 aromatic heterocycles. The fraction of sp³-hybridized carbons (Fsp3) is 0.150. The summed E-state index contributed by atoms with van der Waals surface area (Å²) in [5.74, 6) is -1.61. The molecule has 0 unspecified atom stereocenters. The molecule has 2 N–H and O–H groups in total. The SMILES string of the molecule is CN1C(=O)c2ccc(C(=O)Nc3cccc(CN4C(=O)CNC4=O)c3)cc2C1=O. The average molecular weight is 392 g/mol. The number of hydrogen-bond acceptors (Lipinski definition) is 5. The summed E-state index contributed by atoms with van der Waals surface area (Å²) in [5, 5.41) is 5.17. The van der Waals surface area contributed by atoms with E-state index >= 15 is 0 Å². The second kappa shape index (κ2) is 6.86. The van der Waals surface area contributed by atoms with Crippen LogP contribution in [0.15, 0.2) is 42.5 Å². The van der Waals surface area contributed by atoms with Gasteiger partial charge in [0.05, 0.1) is 24.2 Å². The zero-order chi connectivity index (χ0) is 20.7. The Morgan fingerprint density at radius 3 is 2.52 bits per heavy atom. The number of hydrogen-bond donors (Lipinski definition) is 2. The van der Waals surface area contributed by atoms with Gasteiger partial charge in [-0.2, -0.15) is 0 Å². The van der Waals surface area contributed by atoms with Crippen molar-refractivity contribution in [3.63, 3.8) is 0 Å². The average Bonchev–Trinajstić information content (AvgIpc) is 3.14. The molecular formula is C20H16N4O5. The van der Waals surface area contributed by atoms with E-state index in [0.717, 1.165) is 9.80 Å². The van der Waals surface area contributed by atoms with E-state index < -0.39 is 23.8 Å². The number of amides is 6. The largest absolute Gasteiger partial charge is 0.329 e. The third-order valence-corrected chi connectivity index (χ3v) is 4.81. The molecule has 29 heavy (non-hydrogen) atoms. The van der Waals surface area contributed by atoms with Crippen molar-refractivity contribution in [2.75, 3.05) is 18.9 Å². The number of carbonyl (C=O) groups excluding carboxylic acids is 5. The van der Waals surface area contributed by atoms with Crippen molar-refractivity contribution in [3.05, 3.63) is 64.7 Å². The fourth-order valence-corrected chi connectivity index (χ4v) is 3.25. The topological polar surface area (TPSA) is 116 Å². The lowest BCUT2D eigenvalue weighted by Gasteiger charge is -2.13. The smallest absolute Gasteiger partial charge is 0.324 e.